The minimum atomic E-state index is -0.143. The summed E-state index contributed by atoms with van der Waals surface area (Å²) in [7, 11) is 0. The highest BCUT2D eigenvalue weighted by Crippen LogP contribution is 2.32. The highest BCUT2D eigenvalue weighted by molar-refractivity contribution is 7.19. The van der Waals surface area contributed by atoms with Gasteiger partial charge in [0.05, 0.1) is 12.3 Å². The van der Waals surface area contributed by atoms with Crippen LogP contribution in [0.1, 0.15) is 5.69 Å². The van der Waals surface area contributed by atoms with Gasteiger partial charge >= 0.3 is 0 Å². The maximum Gasteiger partial charge on any atom is 0.125 e. The van der Waals surface area contributed by atoms with E-state index in [1.807, 2.05) is 18.2 Å². The Morgan fingerprint density at radius 2 is 2.13 bits per heavy atom. The third-order valence-corrected chi connectivity index (χ3v) is 3.49. The first kappa shape index (κ1) is 10.9. The molecule has 1 N–H and O–H groups in total. The molecule has 0 aliphatic carbocycles. The van der Waals surface area contributed by atoms with Crippen molar-refractivity contribution in [1.29, 1.82) is 0 Å². The molecule has 15 heavy (non-hydrogen) atoms. The first-order chi connectivity index (χ1) is 7.20. The van der Waals surface area contributed by atoms with Crippen molar-refractivity contribution >= 4 is 34.5 Å². The third-order valence-electron chi connectivity index (χ3n) is 1.87. The third kappa shape index (κ3) is 2.32. The first-order valence-corrected chi connectivity index (χ1v) is 5.80. The average Bonchev–Trinajstić information content (AvgIpc) is 2.60. The molecule has 0 aliphatic rings. The van der Waals surface area contributed by atoms with E-state index < -0.39 is 0 Å². The van der Waals surface area contributed by atoms with Crippen LogP contribution in [0.25, 0.3) is 10.6 Å². The minimum Gasteiger partial charge on any atom is -0.390 e. The summed E-state index contributed by atoms with van der Waals surface area (Å²) in [5.74, 6) is 0. The highest BCUT2D eigenvalue weighted by Gasteiger charge is 2.09. The summed E-state index contributed by atoms with van der Waals surface area (Å²) in [6.07, 6.45) is 0. The molecule has 0 spiro atoms. The molecule has 2 aromatic rings. The van der Waals surface area contributed by atoms with Gasteiger partial charge in [0.15, 0.2) is 0 Å². The van der Waals surface area contributed by atoms with Gasteiger partial charge in [-0.25, -0.2) is 4.98 Å². The summed E-state index contributed by atoms with van der Waals surface area (Å²) < 4.78 is 0.521. The standard InChI is InChI=1S/C10H7Cl2NOS/c11-7-3-1-2-6(4-7)10-13-8(5-14)9(12)15-10/h1-4,14H,5H2. The summed E-state index contributed by atoms with van der Waals surface area (Å²) in [4.78, 5) is 4.22. The van der Waals surface area contributed by atoms with E-state index in [9.17, 15) is 0 Å². The lowest BCUT2D eigenvalue weighted by Gasteiger charge is -1.95. The van der Waals surface area contributed by atoms with Crippen molar-refractivity contribution in [3.63, 3.8) is 0 Å². The van der Waals surface area contributed by atoms with Gasteiger partial charge in [-0.15, -0.1) is 11.3 Å². The maximum absolute atomic E-state index is 8.97. The van der Waals surface area contributed by atoms with Crippen molar-refractivity contribution in [3.8, 4) is 10.6 Å². The molecule has 0 radical (unpaired) electrons. The van der Waals surface area contributed by atoms with Crippen LogP contribution in [0, 0.1) is 0 Å². The van der Waals surface area contributed by atoms with Crippen molar-refractivity contribution in [3.05, 3.63) is 39.3 Å². The number of nitrogens with zero attached hydrogens (tertiary/aromatic N) is 1. The number of hydrogen-bond donors (Lipinski definition) is 1. The molecule has 0 atom stereocenters. The molecule has 0 bridgehead atoms. The molecule has 0 amide bonds. The van der Waals surface area contributed by atoms with E-state index in [0.29, 0.717) is 15.1 Å². The lowest BCUT2D eigenvalue weighted by atomic mass is 10.2. The van der Waals surface area contributed by atoms with Gasteiger partial charge in [0.1, 0.15) is 9.34 Å². The second-order valence-corrected chi connectivity index (χ2v) is 4.95. The molecule has 78 valence electrons. The van der Waals surface area contributed by atoms with Crippen LogP contribution in [-0.2, 0) is 6.61 Å². The van der Waals surface area contributed by atoms with Gasteiger partial charge in [0, 0.05) is 10.6 Å². The largest absolute Gasteiger partial charge is 0.390 e. The molecule has 0 unspecified atom stereocenters. The molecular weight excluding hydrogens is 253 g/mol. The summed E-state index contributed by atoms with van der Waals surface area (Å²) >= 11 is 13.1. The topological polar surface area (TPSA) is 33.1 Å². The van der Waals surface area contributed by atoms with Crippen molar-refractivity contribution < 1.29 is 5.11 Å². The average molecular weight is 260 g/mol. The van der Waals surface area contributed by atoms with Gasteiger partial charge < -0.3 is 5.11 Å². The Hall–Kier alpha value is -0.610. The van der Waals surface area contributed by atoms with Crippen LogP contribution in [-0.4, -0.2) is 10.1 Å². The van der Waals surface area contributed by atoms with Crippen LogP contribution in [0.4, 0.5) is 0 Å². The predicted octanol–water partition coefficient (Wildman–Crippen LogP) is 3.61. The first-order valence-electron chi connectivity index (χ1n) is 4.22. The molecule has 5 heteroatoms. The molecule has 0 aliphatic heterocycles. The molecule has 2 rings (SSSR count). The van der Waals surface area contributed by atoms with Gasteiger partial charge in [0.25, 0.3) is 0 Å². The fourth-order valence-electron chi connectivity index (χ4n) is 1.18. The molecule has 1 heterocycles. The van der Waals surface area contributed by atoms with Crippen LogP contribution in [0.2, 0.25) is 9.36 Å². The Morgan fingerprint density at radius 3 is 2.73 bits per heavy atom. The van der Waals surface area contributed by atoms with Crippen LogP contribution in [0.15, 0.2) is 24.3 Å². The Kier molecular flexibility index (Phi) is 3.26. The summed E-state index contributed by atoms with van der Waals surface area (Å²) in [5, 5.41) is 10.4. The molecular formula is C10H7Cl2NOS. The summed E-state index contributed by atoms with van der Waals surface area (Å²) in [5.41, 5.74) is 1.42. The number of benzene rings is 1. The number of hydrogen-bond acceptors (Lipinski definition) is 3. The van der Waals surface area contributed by atoms with Gasteiger partial charge in [0.2, 0.25) is 0 Å². The van der Waals surface area contributed by atoms with E-state index >= 15 is 0 Å². The van der Waals surface area contributed by atoms with E-state index in [4.69, 9.17) is 28.3 Å². The zero-order valence-electron chi connectivity index (χ0n) is 7.58. The Morgan fingerprint density at radius 1 is 1.33 bits per heavy atom. The van der Waals surface area contributed by atoms with Crippen LogP contribution in [0.3, 0.4) is 0 Å². The van der Waals surface area contributed by atoms with E-state index in [1.165, 1.54) is 11.3 Å². The van der Waals surface area contributed by atoms with Crippen molar-refractivity contribution in [2.24, 2.45) is 0 Å². The Labute approximate surface area is 101 Å². The monoisotopic (exact) mass is 259 g/mol. The summed E-state index contributed by atoms with van der Waals surface area (Å²) in [6, 6.07) is 7.37. The highest BCUT2D eigenvalue weighted by atomic mass is 35.5. The summed E-state index contributed by atoms with van der Waals surface area (Å²) in [6.45, 7) is -0.143. The lowest BCUT2D eigenvalue weighted by molar-refractivity contribution is 0.278. The number of aromatic nitrogens is 1. The fraction of sp³-hybridized carbons (Fsp3) is 0.100. The smallest absolute Gasteiger partial charge is 0.125 e. The zero-order valence-corrected chi connectivity index (χ0v) is 9.90. The Balaban J connectivity index is 2.45. The maximum atomic E-state index is 8.97. The van der Waals surface area contributed by atoms with E-state index in [1.54, 1.807) is 6.07 Å². The lowest BCUT2D eigenvalue weighted by Crippen LogP contribution is -1.83. The van der Waals surface area contributed by atoms with Crippen molar-refractivity contribution in [2.45, 2.75) is 6.61 Å². The number of thiazole rings is 1. The van der Waals surface area contributed by atoms with Gasteiger partial charge in [-0.1, -0.05) is 35.3 Å². The quantitative estimate of drug-likeness (QED) is 0.894. The predicted molar refractivity (Wildman–Crippen MR) is 63.5 cm³/mol. The number of aliphatic hydroxyl groups is 1. The molecule has 0 fully saturated rings. The minimum absolute atomic E-state index is 0.143. The second-order valence-electron chi connectivity index (χ2n) is 2.91. The zero-order chi connectivity index (χ0) is 10.8. The second kappa shape index (κ2) is 4.49. The molecule has 0 saturated carbocycles. The van der Waals surface area contributed by atoms with Gasteiger partial charge in [-0.2, -0.15) is 0 Å². The van der Waals surface area contributed by atoms with E-state index in [0.717, 1.165) is 10.6 Å². The normalized spacial score (nSPS) is 10.6. The van der Waals surface area contributed by atoms with E-state index in [2.05, 4.69) is 4.98 Å². The molecule has 1 aromatic heterocycles. The van der Waals surface area contributed by atoms with Crippen LogP contribution >= 0.6 is 34.5 Å². The molecule has 1 aromatic carbocycles. The molecule has 0 saturated heterocycles. The van der Waals surface area contributed by atoms with Gasteiger partial charge in [-0.05, 0) is 12.1 Å². The van der Waals surface area contributed by atoms with E-state index in [-0.39, 0.29) is 6.61 Å². The van der Waals surface area contributed by atoms with Gasteiger partial charge in [-0.3, -0.25) is 0 Å². The van der Waals surface area contributed by atoms with Crippen LogP contribution < -0.4 is 0 Å². The number of rotatable bonds is 2. The SMILES string of the molecule is OCc1nc(-c2cccc(Cl)c2)sc1Cl. The van der Waals surface area contributed by atoms with Crippen molar-refractivity contribution in [2.75, 3.05) is 0 Å². The van der Waals surface area contributed by atoms with Crippen molar-refractivity contribution in [1.82, 2.24) is 4.98 Å². The van der Waals surface area contributed by atoms with Crippen LogP contribution in [0.5, 0.6) is 0 Å². The number of aliphatic hydroxyl groups excluding tert-OH is 1. The Bertz CT molecular complexity index is 484. The fourth-order valence-corrected chi connectivity index (χ4v) is 2.49. The molecule has 2 nitrogen and oxygen atoms in total. The number of halogens is 2.